The summed E-state index contributed by atoms with van der Waals surface area (Å²) in [5, 5.41) is 2.16. The minimum Gasteiger partial charge on any atom is -0.351 e. The molecule has 0 aliphatic carbocycles. The van der Waals surface area contributed by atoms with Crippen LogP contribution in [-0.2, 0) is 0 Å². The number of nitrogens with two attached hydrogens (primary N) is 1. The number of piperidine rings is 1. The van der Waals surface area contributed by atoms with Crippen molar-refractivity contribution < 1.29 is 0 Å². The highest BCUT2D eigenvalue weighted by atomic mass is 32.1. The number of rotatable bonds is 2. The molecule has 2 aromatic rings. The molecule has 2 aromatic heterocycles. The summed E-state index contributed by atoms with van der Waals surface area (Å²) in [6.45, 7) is 3.87. The van der Waals surface area contributed by atoms with Crippen molar-refractivity contribution >= 4 is 27.4 Å². The molecule has 1 aliphatic rings. The van der Waals surface area contributed by atoms with Gasteiger partial charge in [0.05, 0.1) is 10.2 Å². The second-order valence-electron chi connectivity index (χ2n) is 4.87. The Kier molecular flexibility index (Phi) is 3.18. The van der Waals surface area contributed by atoms with Crippen molar-refractivity contribution in [2.75, 3.05) is 18.0 Å². The maximum absolute atomic E-state index is 5.90. The van der Waals surface area contributed by atoms with Gasteiger partial charge in [0, 0.05) is 19.1 Å². The number of nitrogens with zero attached hydrogens (tertiary/aromatic N) is 3. The van der Waals surface area contributed by atoms with Crippen LogP contribution in [0.15, 0.2) is 11.7 Å². The molecular formula is C13H18N4S. The van der Waals surface area contributed by atoms with Crippen molar-refractivity contribution in [2.45, 2.75) is 32.2 Å². The van der Waals surface area contributed by atoms with Crippen LogP contribution in [-0.4, -0.2) is 29.1 Å². The van der Waals surface area contributed by atoms with Crippen molar-refractivity contribution in [3.05, 3.63) is 17.3 Å². The van der Waals surface area contributed by atoms with Crippen LogP contribution in [0.1, 0.15) is 24.8 Å². The summed E-state index contributed by atoms with van der Waals surface area (Å²) in [7, 11) is 0. The number of thiophene rings is 1. The van der Waals surface area contributed by atoms with Crippen LogP contribution in [0, 0.1) is 6.92 Å². The van der Waals surface area contributed by atoms with Crippen molar-refractivity contribution in [3.63, 3.8) is 0 Å². The third kappa shape index (κ3) is 1.87. The normalized spacial score (nSPS) is 20.6. The Bertz CT molecular complexity index is 551. The standard InChI is InChI=1S/C13H18N4S/c1-9-7-18-12-11(9)15-8-16-13(12)17-5-3-2-4-10(17)6-14/h7-8,10H,2-6,14H2,1H3. The summed E-state index contributed by atoms with van der Waals surface area (Å²) < 4.78 is 1.20. The first kappa shape index (κ1) is 11.9. The first-order valence-electron chi connectivity index (χ1n) is 6.46. The summed E-state index contributed by atoms with van der Waals surface area (Å²) in [5.41, 5.74) is 8.22. The SMILES string of the molecule is Cc1csc2c(N3CCCCC3CN)ncnc12. The van der Waals surface area contributed by atoms with Gasteiger partial charge in [-0.1, -0.05) is 0 Å². The third-order valence-electron chi connectivity index (χ3n) is 3.68. The molecule has 5 heteroatoms. The van der Waals surface area contributed by atoms with E-state index in [1.54, 1.807) is 17.7 Å². The van der Waals surface area contributed by atoms with Gasteiger partial charge in [0.1, 0.15) is 12.1 Å². The van der Waals surface area contributed by atoms with Gasteiger partial charge in [-0.3, -0.25) is 0 Å². The predicted octanol–water partition coefficient (Wildman–Crippen LogP) is 2.32. The fourth-order valence-electron chi connectivity index (χ4n) is 2.69. The van der Waals surface area contributed by atoms with Crippen LogP contribution < -0.4 is 10.6 Å². The highest BCUT2D eigenvalue weighted by Gasteiger charge is 2.24. The Morgan fingerprint density at radius 1 is 1.44 bits per heavy atom. The molecule has 0 saturated carbocycles. The summed E-state index contributed by atoms with van der Waals surface area (Å²) >= 11 is 1.74. The molecule has 96 valence electrons. The average Bonchev–Trinajstić information content (AvgIpc) is 2.81. The lowest BCUT2D eigenvalue weighted by atomic mass is 10.0. The van der Waals surface area contributed by atoms with Crippen molar-refractivity contribution in [1.29, 1.82) is 0 Å². The first-order chi connectivity index (χ1) is 8.81. The van der Waals surface area contributed by atoms with E-state index >= 15 is 0 Å². The molecule has 0 bridgehead atoms. The van der Waals surface area contributed by atoms with Crippen LogP contribution in [0.5, 0.6) is 0 Å². The van der Waals surface area contributed by atoms with E-state index in [-0.39, 0.29) is 0 Å². The predicted molar refractivity (Wildman–Crippen MR) is 76.2 cm³/mol. The molecule has 4 nitrogen and oxygen atoms in total. The average molecular weight is 262 g/mol. The molecule has 1 fully saturated rings. The molecule has 3 heterocycles. The molecule has 1 unspecified atom stereocenters. The Balaban J connectivity index is 2.07. The maximum Gasteiger partial charge on any atom is 0.150 e. The molecular weight excluding hydrogens is 244 g/mol. The molecule has 2 N–H and O–H groups in total. The van der Waals surface area contributed by atoms with E-state index in [4.69, 9.17) is 5.73 Å². The van der Waals surface area contributed by atoms with Crippen molar-refractivity contribution in [3.8, 4) is 0 Å². The zero-order valence-corrected chi connectivity index (χ0v) is 11.4. The third-order valence-corrected chi connectivity index (χ3v) is 4.77. The van der Waals surface area contributed by atoms with Gasteiger partial charge in [-0.2, -0.15) is 0 Å². The number of hydrogen-bond donors (Lipinski definition) is 1. The van der Waals surface area contributed by atoms with Crippen molar-refractivity contribution in [2.24, 2.45) is 5.73 Å². The van der Waals surface area contributed by atoms with Gasteiger partial charge in [0.15, 0.2) is 0 Å². The molecule has 3 rings (SSSR count). The maximum atomic E-state index is 5.90. The quantitative estimate of drug-likeness (QED) is 0.902. The smallest absolute Gasteiger partial charge is 0.150 e. The molecule has 0 spiro atoms. The lowest BCUT2D eigenvalue weighted by Gasteiger charge is -2.36. The molecule has 1 aliphatic heterocycles. The molecule has 0 aromatic carbocycles. The Morgan fingerprint density at radius 2 is 2.33 bits per heavy atom. The number of hydrogen-bond acceptors (Lipinski definition) is 5. The van der Waals surface area contributed by atoms with E-state index in [0.29, 0.717) is 12.6 Å². The number of aryl methyl sites for hydroxylation is 1. The van der Waals surface area contributed by atoms with Gasteiger partial charge in [-0.05, 0) is 37.1 Å². The minimum atomic E-state index is 0.430. The highest BCUT2D eigenvalue weighted by Crippen LogP contribution is 2.33. The van der Waals surface area contributed by atoms with E-state index < -0.39 is 0 Å². The van der Waals surface area contributed by atoms with E-state index in [1.165, 1.54) is 29.5 Å². The van der Waals surface area contributed by atoms with Gasteiger partial charge in [-0.15, -0.1) is 11.3 Å². The summed E-state index contributed by atoms with van der Waals surface area (Å²) in [4.78, 5) is 11.3. The largest absolute Gasteiger partial charge is 0.351 e. The Hall–Kier alpha value is -1.20. The van der Waals surface area contributed by atoms with Crippen molar-refractivity contribution in [1.82, 2.24) is 9.97 Å². The lowest BCUT2D eigenvalue weighted by molar-refractivity contribution is 0.463. The van der Waals surface area contributed by atoms with E-state index in [1.807, 2.05) is 0 Å². The summed E-state index contributed by atoms with van der Waals surface area (Å²) in [5.74, 6) is 1.08. The van der Waals surface area contributed by atoms with Gasteiger partial charge < -0.3 is 10.6 Å². The van der Waals surface area contributed by atoms with Crippen LogP contribution in [0.2, 0.25) is 0 Å². The van der Waals surface area contributed by atoms with Gasteiger partial charge in [0.25, 0.3) is 0 Å². The van der Waals surface area contributed by atoms with Crippen LogP contribution in [0.3, 0.4) is 0 Å². The molecule has 0 radical (unpaired) electrons. The zero-order valence-electron chi connectivity index (χ0n) is 10.6. The first-order valence-corrected chi connectivity index (χ1v) is 7.34. The van der Waals surface area contributed by atoms with E-state index in [9.17, 15) is 0 Å². The summed E-state index contributed by atoms with van der Waals surface area (Å²) in [6, 6.07) is 0.430. The molecule has 1 atom stereocenters. The van der Waals surface area contributed by atoms with E-state index in [0.717, 1.165) is 17.9 Å². The highest BCUT2D eigenvalue weighted by molar-refractivity contribution is 7.18. The number of aromatic nitrogens is 2. The minimum absolute atomic E-state index is 0.430. The van der Waals surface area contributed by atoms with E-state index in [2.05, 4.69) is 27.2 Å². The van der Waals surface area contributed by atoms with Crippen LogP contribution in [0.25, 0.3) is 10.2 Å². The zero-order chi connectivity index (χ0) is 12.5. The van der Waals surface area contributed by atoms with Gasteiger partial charge >= 0.3 is 0 Å². The van der Waals surface area contributed by atoms with Gasteiger partial charge in [0.2, 0.25) is 0 Å². The van der Waals surface area contributed by atoms with Crippen LogP contribution in [0.4, 0.5) is 5.82 Å². The molecule has 18 heavy (non-hydrogen) atoms. The summed E-state index contributed by atoms with van der Waals surface area (Å²) in [6.07, 6.45) is 5.36. The molecule has 0 amide bonds. The fourth-order valence-corrected chi connectivity index (χ4v) is 3.69. The lowest BCUT2D eigenvalue weighted by Crippen LogP contribution is -2.44. The monoisotopic (exact) mass is 262 g/mol. The molecule has 1 saturated heterocycles. The number of fused-ring (bicyclic) bond motifs is 1. The Morgan fingerprint density at radius 3 is 3.17 bits per heavy atom. The topological polar surface area (TPSA) is 55.0 Å². The second-order valence-corrected chi connectivity index (χ2v) is 5.75. The number of anilines is 1. The fraction of sp³-hybridized carbons (Fsp3) is 0.538. The Labute approximate surface area is 111 Å². The second kappa shape index (κ2) is 4.82. The van der Waals surface area contributed by atoms with Crippen LogP contribution >= 0.6 is 11.3 Å². The van der Waals surface area contributed by atoms with Gasteiger partial charge in [-0.25, -0.2) is 9.97 Å².